The highest BCUT2D eigenvalue weighted by molar-refractivity contribution is 14.1. The van der Waals surface area contributed by atoms with Gasteiger partial charge in [-0.15, -0.1) is 0 Å². The van der Waals surface area contributed by atoms with E-state index in [1.54, 1.807) is 6.07 Å². The minimum Gasteiger partial charge on any atom is -0.310 e. The van der Waals surface area contributed by atoms with Gasteiger partial charge < -0.3 is 5.32 Å². The fraction of sp³-hybridized carbons (Fsp3) is 0.400. The number of hydrogen-bond donors (Lipinski definition) is 1. The van der Waals surface area contributed by atoms with E-state index >= 15 is 0 Å². The maximum atomic E-state index is 13.0. The summed E-state index contributed by atoms with van der Waals surface area (Å²) in [5, 5.41) is 3.37. The van der Waals surface area contributed by atoms with E-state index in [2.05, 4.69) is 27.9 Å². The van der Waals surface area contributed by atoms with Crippen molar-refractivity contribution in [3.63, 3.8) is 0 Å². The molecule has 1 fully saturated rings. The molecule has 0 aliphatic carbocycles. The Labute approximate surface area is 90.9 Å². The molecule has 1 aliphatic rings. The quantitative estimate of drug-likeness (QED) is 0.785. The van der Waals surface area contributed by atoms with E-state index in [9.17, 15) is 4.39 Å². The Morgan fingerprint density at radius 3 is 3.00 bits per heavy atom. The maximum Gasteiger partial charge on any atom is 0.123 e. The zero-order chi connectivity index (χ0) is 9.26. The van der Waals surface area contributed by atoms with Crippen molar-refractivity contribution in [2.75, 3.05) is 6.54 Å². The molecule has 70 valence electrons. The molecular weight excluding hydrogens is 280 g/mol. The van der Waals surface area contributed by atoms with Crippen LogP contribution in [0.1, 0.15) is 24.4 Å². The second kappa shape index (κ2) is 3.92. The van der Waals surface area contributed by atoms with Gasteiger partial charge in [0, 0.05) is 9.61 Å². The molecule has 1 aromatic carbocycles. The molecular formula is C10H11FIN. The van der Waals surface area contributed by atoms with Crippen molar-refractivity contribution in [3.8, 4) is 0 Å². The second-order valence-electron chi connectivity index (χ2n) is 3.31. The van der Waals surface area contributed by atoms with Crippen LogP contribution in [0.4, 0.5) is 4.39 Å². The Kier molecular flexibility index (Phi) is 2.83. The number of rotatable bonds is 1. The smallest absolute Gasteiger partial charge is 0.123 e. The van der Waals surface area contributed by atoms with Crippen LogP contribution in [0.15, 0.2) is 18.2 Å². The standard InChI is InChI=1S/C10H11FIN/c11-7-3-4-9(12)8(6-7)10-2-1-5-13-10/h3-4,6,10,13H,1-2,5H2/t10-/m0/s1. The highest BCUT2D eigenvalue weighted by atomic mass is 127. The summed E-state index contributed by atoms with van der Waals surface area (Å²) < 4.78 is 14.1. The average Bonchev–Trinajstić information content (AvgIpc) is 2.61. The van der Waals surface area contributed by atoms with E-state index in [-0.39, 0.29) is 5.82 Å². The summed E-state index contributed by atoms with van der Waals surface area (Å²) in [5.41, 5.74) is 1.11. The second-order valence-corrected chi connectivity index (χ2v) is 4.48. The Morgan fingerprint density at radius 2 is 2.31 bits per heavy atom. The third kappa shape index (κ3) is 2.02. The topological polar surface area (TPSA) is 12.0 Å². The molecule has 1 saturated heterocycles. The van der Waals surface area contributed by atoms with Crippen LogP contribution in [0.5, 0.6) is 0 Å². The molecule has 0 saturated carbocycles. The molecule has 0 spiro atoms. The highest BCUT2D eigenvalue weighted by Crippen LogP contribution is 2.27. The van der Waals surface area contributed by atoms with E-state index < -0.39 is 0 Å². The van der Waals surface area contributed by atoms with Crippen LogP contribution in [0, 0.1) is 9.39 Å². The Bertz CT molecular complexity index is 308. The van der Waals surface area contributed by atoms with Gasteiger partial charge in [0.05, 0.1) is 0 Å². The lowest BCUT2D eigenvalue weighted by Gasteiger charge is -2.12. The third-order valence-corrected chi connectivity index (χ3v) is 3.38. The van der Waals surface area contributed by atoms with Crippen molar-refractivity contribution in [3.05, 3.63) is 33.1 Å². The van der Waals surface area contributed by atoms with Crippen molar-refractivity contribution < 1.29 is 4.39 Å². The number of halogens is 2. The fourth-order valence-corrected chi connectivity index (χ4v) is 2.44. The van der Waals surface area contributed by atoms with Crippen molar-refractivity contribution in [2.45, 2.75) is 18.9 Å². The molecule has 0 radical (unpaired) electrons. The van der Waals surface area contributed by atoms with E-state index in [1.165, 1.54) is 12.5 Å². The Hall–Kier alpha value is -0.160. The van der Waals surface area contributed by atoms with Gasteiger partial charge in [0.15, 0.2) is 0 Å². The zero-order valence-corrected chi connectivity index (χ0v) is 9.34. The first-order valence-corrected chi connectivity index (χ1v) is 5.53. The van der Waals surface area contributed by atoms with E-state index in [4.69, 9.17) is 0 Å². The molecule has 2 rings (SSSR count). The summed E-state index contributed by atoms with van der Waals surface area (Å²) in [5.74, 6) is -0.135. The van der Waals surface area contributed by atoms with Crippen molar-refractivity contribution in [1.29, 1.82) is 0 Å². The first kappa shape index (κ1) is 9.40. The first-order chi connectivity index (χ1) is 6.27. The van der Waals surface area contributed by atoms with Gasteiger partial charge in [0.25, 0.3) is 0 Å². The molecule has 1 aromatic rings. The van der Waals surface area contributed by atoms with Gasteiger partial charge in [0.1, 0.15) is 5.82 Å². The van der Waals surface area contributed by atoms with Gasteiger partial charge in [-0.3, -0.25) is 0 Å². The normalized spacial score (nSPS) is 22.2. The number of benzene rings is 1. The van der Waals surface area contributed by atoms with Crippen LogP contribution in [0.2, 0.25) is 0 Å². The van der Waals surface area contributed by atoms with Crippen LogP contribution in [0.3, 0.4) is 0 Å². The van der Waals surface area contributed by atoms with Gasteiger partial charge in [-0.2, -0.15) is 0 Å². The third-order valence-electron chi connectivity index (χ3n) is 2.39. The lowest BCUT2D eigenvalue weighted by Crippen LogP contribution is -2.14. The van der Waals surface area contributed by atoms with Crippen LogP contribution in [-0.2, 0) is 0 Å². The van der Waals surface area contributed by atoms with E-state index in [0.717, 1.165) is 22.1 Å². The van der Waals surface area contributed by atoms with Crippen LogP contribution < -0.4 is 5.32 Å². The minimum atomic E-state index is -0.135. The van der Waals surface area contributed by atoms with Crippen LogP contribution >= 0.6 is 22.6 Å². The molecule has 0 unspecified atom stereocenters. The molecule has 13 heavy (non-hydrogen) atoms. The summed E-state index contributed by atoms with van der Waals surface area (Å²) in [4.78, 5) is 0. The number of nitrogens with one attached hydrogen (secondary N) is 1. The predicted molar refractivity (Wildman–Crippen MR) is 59.1 cm³/mol. The largest absolute Gasteiger partial charge is 0.310 e. The molecule has 1 nitrogen and oxygen atoms in total. The Balaban J connectivity index is 2.32. The lowest BCUT2D eigenvalue weighted by molar-refractivity contribution is 0.604. The molecule has 0 aromatic heterocycles. The minimum absolute atomic E-state index is 0.135. The number of hydrogen-bond acceptors (Lipinski definition) is 1. The first-order valence-electron chi connectivity index (χ1n) is 4.46. The van der Waals surface area contributed by atoms with Crippen LogP contribution in [-0.4, -0.2) is 6.54 Å². The lowest BCUT2D eigenvalue weighted by atomic mass is 10.1. The molecule has 1 aliphatic heterocycles. The van der Waals surface area contributed by atoms with Crippen molar-refractivity contribution in [2.24, 2.45) is 0 Å². The molecule has 1 N–H and O–H groups in total. The molecule has 1 atom stereocenters. The average molecular weight is 291 g/mol. The van der Waals surface area contributed by atoms with Crippen LogP contribution in [0.25, 0.3) is 0 Å². The maximum absolute atomic E-state index is 13.0. The highest BCUT2D eigenvalue weighted by Gasteiger charge is 2.18. The zero-order valence-electron chi connectivity index (χ0n) is 7.19. The van der Waals surface area contributed by atoms with Gasteiger partial charge >= 0.3 is 0 Å². The Morgan fingerprint density at radius 1 is 1.46 bits per heavy atom. The van der Waals surface area contributed by atoms with Crippen molar-refractivity contribution >= 4 is 22.6 Å². The van der Waals surface area contributed by atoms with Crippen molar-refractivity contribution in [1.82, 2.24) is 5.32 Å². The summed E-state index contributed by atoms with van der Waals surface area (Å²) >= 11 is 2.26. The molecule has 0 bridgehead atoms. The van der Waals surface area contributed by atoms with Gasteiger partial charge in [-0.1, -0.05) is 0 Å². The predicted octanol–water partition coefficient (Wildman–Crippen LogP) is 2.85. The summed E-state index contributed by atoms with van der Waals surface area (Å²) in [6.07, 6.45) is 2.32. The molecule has 1 heterocycles. The molecule has 0 amide bonds. The van der Waals surface area contributed by atoms with E-state index in [0.29, 0.717) is 6.04 Å². The van der Waals surface area contributed by atoms with Gasteiger partial charge in [0.2, 0.25) is 0 Å². The van der Waals surface area contributed by atoms with E-state index in [1.807, 2.05) is 6.07 Å². The molecule has 3 heteroatoms. The fourth-order valence-electron chi connectivity index (χ4n) is 1.73. The monoisotopic (exact) mass is 291 g/mol. The summed E-state index contributed by atoms with van der Waals surface area (Å²) in [6.45, 7) is 1.05. The van der Waals surface area contributed by atoms with Gasteiger partial charge in [-0.05, 0) is 65.7 Å². The summed E-state index contributed by atoms with van der Waals surface area (Å²) in [7, 11) is 0. The SMILES string of the molecule is Fc1ccc(I)c([C@@H]2CCCN2)c1. The summed E-state index contributed by atoms with van der Waals surface area (Å²) in [6, 6.07) is 5.36. The van der Waals surface area contributed by atoms with Gasteiger partial charge in [-0.25, -0.2) is 4.39 Å².